The molecule has 0 saturated carbocycles. The fourth-order valence-corrected chi connectivity index (χ4v) is 3.96. The molecule has 0 aliphatic carbocycles. The molecule has 3 rings (SSSR count). The van der Waals surface area contributed by atoms with Crippen LogP contribution in [0, 0.1) is 19.8 Å². The standard InChI is InChI=1S/C24H30N2O2/c1-18-14-19(2)16-22(15-18)24(28)25-17-23(27)26-12-10-21(11-13-26)9-8-20-6-4-3-5-7-20/h3-7,14-16,21H,8-13,17H2,1-2H3,(H,25,28). The fraction of sp³-hybridized carbons (Fsp3) is 0.417. The van der Waals surface area contributed by atoms with Crippen LogP contribution in [0.5, 0.6) is 0 Å². The molecule has 0 aromatic heterocycles. The van der Waals surface area contributed by atoms with E-state index in [0.29, 0.717) is 11.5 Å². The van der Waals surface area contributed by atoms with Gasteiger partial charge in [0.15, 0.2) is 0 Å². The summed E-state index contributed by atoms with van der Waals surface area (Å²) in [5, 5.41) is 2.78. The number of likely N-dealkylation sites (tertiary alicyclic amines) is 1. The molecule has 4 heteroatoms. The highest BCUT2D eigenvalue weighted by Crippen LogP contribution is 2.22. The van der Waals surface area contributed by atoms with Crippen LogP contribution < -0.4 is 5.32 Å². The van der Waals surface area contributed by atoms with Crippen molar-refractivity contribution in [3.63, 3.8) is 0 Å². The Labute approximate surface area is 167 Å². The molecule has 0 bridgehead atoms. The lowest BCUT2D eigenvalue weighted by Gasteiger charge is -2.32. The third-order valence-electron chi connectivity index (χ3n) is 5.54. The molecule has 1 fully saturated rings. The van der Waals surface area contributed by atoms with Crippen molar-refractivity contribution in [1.82, 2.24) is 10.2 Å². The van der Waals surface area contributed by atoms with E-state index in [2.05, 4.69) is 29.6 Å². The van der Waals surface area contributed by atoms with E-state index in [4.69, 9.17) is 0 Å². The van der Waals surface area contributed by atoms with Crippen LogP contribution >= 0.6 is 0 Å². The number of aryl methyl sites for hydroxylation is 3. The number of hydrogen-bond donors (Lipinski definition) is 1. The number of hydrogen-bond acceptors (Lipinski definition) is 2. The molecule has 1 heterocycles. The van der Waals surface area contributed by atoms with E-state index >= 15 is 0 Å². The number of nitrogens with zero attached hydrogens (tertiary/aromatic N) is 1. The molecule has 28 heavy (non-hydrogen) atoms. The predicted molar refractivity (Wildman–Crippen MR) is 112 cm³/mol. The van der Waals surface area contributed by atoms with E-state index in [9.17, 15) is 9.59 Å². The Morgan fingerprint density at radius 2 is 1.64 bits per heavy atom. The summed E-state index contributed by atoms with van der Waals surface area (Å²) >= 11 is 0. The summed E-state index contributed by atoms with van der Waals surface area (Å²) in [4.78, 5) is 26.7. The molecule has 4 nitrogen and oxygen atoms in total. The summed E-state index contributed by atoms with van der Waals surface area (Å²) in [6, 6.07) is 16.3. The molecule has 1 aliphatic rings. The third-order valence-corrected chi connectivity index (χ3v) is 5.54. The largest absolute Gasteiger partial charge is 0.343 e. The molecule has 2 aromatic rings. The second kappa shape index (κ2) is 9.54. The Morgan fingerprint density at radius 1 is 1.00 bits per heavy atom. The monoisotopic (exact) mass is 378 g/mol. The van der Waals surface area contributed by atoms with Crippen LogP contribution in [0.4, 0.5) is 0 Å². The summed E-state index contributed by atoms with van der Waals surface area (Å²) < 4.78 is 0. The number of rotatable bonds is 6. The molecular weight excluding hydrogens is 348 g/mol. The topological polar surface area (TPSA) is 49.4 Å². The number of carbonyl (C=O) groups excluding carboxylic acids is 2. The minimum absolute atomic E-state index is 0.0132. The van der Waals surface area contributed by atoms with Crippen molar-refractivity contribution in [2.45, 2.75) is 39.5 Å². The number of benzene rings is 2. The molecule has 0 spiro atoms. The zero-order valence-corrected chi connectivity index (χ0v) is 16.9. The lowest BCUT2D eigenvalue weighted by Crippen LogP contribution is -2.44. The van der Waals surface area contributed by atoms with E-state index in [-0.39, 0.29) is 18.4 Å². The van der Waals surface area contributed by atoms with Crippen LogP contribution in [0.25, 0.3) is 0 Å². The number of carbonyl (C=O) groups is 2. The first-order valence-electron chi connectivity index (χ1n) is 10.2. The smallest absolute Gasteiger partial charge is 0.251 e. The Balaban J connectivity index is 1.40. The number of piperidine rings is 1. The molecule has 148 valence electrons. The maximum atomic E-state index is 12.5. The first-order valence-corrected chi connectivity index (χ1v) is 10.2. The van der Waals surface area contributed by atoms with E-state index in [0.717, 1.165) is 43.5 Å². The number of amides is 2. The highest BCUT2D eigenvalue weighted by Gasteiger charge is 2.23. The van der Waals surface area contributed by atoms with Crippen LogP contribution in [0.1, 0.15) is 46.3 Å². The van der Waals surface area contributed by atoms with E-state index < -0.39 is 0 Å². The van der Waals surface area contributed by atoms with Gasteiger partial charge in [-0.3, -0.25) is 9.59 Å². The molecule has 0 unspecified atom stereocenters. The van der Waals surface area contributed by atoms with Crippen molar-refractivity contribution in [2.75, 3.05) is 19.6 Å². The van der Waals surface area contributed by atoms with Crippen LogP contribution in [0.15, 0.2) is 48.5 Å². The van der Waals surface area contributed by atoms with Crippen molar-refractivity contribution in [1.29, 1.82) is 0 Å². The minimum atomic E-state index is -0.183. The Kier molecular flexibility index (Phi) is 6.85. The van der Waals surface area contributed by atoms with Gasteiger partial charge in [0, 0.05) is 18.7 Å². The van der Waals surface area contributed by atoms with E-state index in [1.807, 2.05) is 43.0 Å². The lowest BCUT2D eigenvalue weighted by molar-refractivity contribution is -0.131. The normalized spacial score (nSPS) is 14.7. The average Bonchev–Trinajstić information content (AvgIpc) is 2.70. The van der Waals surface area contributed by atoms with E-state index in [1.165, 1.54) is 12.0 Å². The molecule has 1 aliphatic heterocycles. The quantitative estimate of drug-likeness (QED) is 0.829. The lowest BCUT2D eigenvalue weighted by atomic mass is 9.90. The summed E-state index contributed by atoms with van der Waals surface area (Å²) in [7, 11) is 0. The molecule has 2 amide bonds. The maximum absolute atomic E-state index is 12.5. The third kappa shape index (κ3) is 5.69. The van der Waals surface area contributed by atoms with Crippen molar-refractivity contribution < 1.29 is 9.59 Å². The van der Waals surface area contributed by atoms with Crippen LogP contribution in [0.3, 0.4) is 0 Å². The molecule has 2 aromatic carbocycles. The first-order chi connectivity index (χ1) is 13.5. The van der Waals surface area contributed by atoms with Gasteiger partial charge in [0.05, 0.1) is 6.54 Å². The summed E-state index contributed by atoms with van der Waals surface area (Å²) in [5.74, 6) is 0.506. The highest BCUT2D eigenvalue weighted by atomic mass is 16.2. The average molecular weight is 379 g/mol. The number of nitrogens with one attached hydrogen (secondary N) is 1. The second-order valence-corrected chi connectivity index (χ2v) is 7.91. The van der Waals surface area contributed by atoms with Gasteiger partial charge in [-0.15, -0.1) is 0 Å². The molecule has 1 saturated heterocycles. The van der Waals surface area contributed by atoms with Crippen molar-refractivity contribution in [2.24, 2.45) is 5.92 Å². The minimum Gasteiger partial charge on any atom is -0.343 e. The predicted octanol–water partition coefficient (Wildman–Crippen LogP) is 3.90. The Hall–Kier alpha value is -2.62. The van der Waals surface area contributed by atoms with Gasteiger partial charge in [-0.2, -0.15) is 0 Å². The molecule has 1 N–H and O–H groups in total. The highest BCUT2D eigenvalue weighted by molar-refractivity contribution is 5.96. The zero-order chi connectivity index (χ0) is 19.9. The van der Waals surface area contributed by atoms with Gasteiger partial charge in [-0.05, 0) is 63.1 Å². The van der Waals surface area contributed by atoms with Crippen LogP contribution in [-0.2, 0) is 11.2 Å². The summed E-state index contributed by atoms with van der Waals surface area (Å²) in [5.41, 5.74) is 4.10. The Bertz CT molecular complexity index is 788. The van der Waals surface area contributed by atoms with Crippen molar-refractivity contribution in [3.05, 3.63) is 70.8 Å². The molecule has 0 radical (unpaired) electrons. The van der Waals surface area contributed by atoms with Gasteiger partial charge in [0.1, 0.15) is 0 Å². The van der Waals surface area contributed by atoms with Crippen molar-refractivity contribution >= 4 is 11.8 Å². The first kappa shape index (κ1) is 20.1. The molecular formula is C24H30N2O2. The maximum Gasteiger partial charge on any atom is 0.251 e. The Morgan fingerprint density at radius 3 is 2.29 bits per heavy atom. The SMILES string of the molecule is Cc1cc(C)cc(C(=O)NCC(=O)N2CCC(CCc3ccccc3)CC2)c1. The van der Waals surface area contributed by atoms with Crippen LogP contribution in [0.2, 0.25) is 0 Å². The second-order valence-electron chi connectivity index (χ2n) is 7.91. The van der Waals surface area contributed by atoms with Gasteiger partial charge in [-0.25, -0.2) is 0 Å². The zero-order valence-electron chi connectivity index (χ0n) is 16.9. The molecule has 0 atom stereocenters. The summed E-state index contributed by atoms with van der Waals surface area (Å²) in [6.45, 7) is 5.59. The van der Waals surface area contributed by atoms with Crippen molar-refractivity contribution in [3.8, 4) is 0 Å². The van der Waals surface area contributed by atoms with Gasteiger partial charge in [-0.1, -0.05) is 47.5 Å². The van der Waals surface area contributed by atoms with Gasteiger partial charge in [0.2, 0.25) is 5.91 Å². The summed E-state index contributed by atoms with van der Waals surface area (Å²) in [6.07, 6.45) is 4.37. The van der Waals surface area contributed by atoms with Crippen LogP contribution in [-0.4, -0.2) is 36.3 Å². The van der Waals surface area contributed by atoms with E-state index in [1.54, 1.807) is 0 Å². The van der Waals surface area contributed by atoms with Gasteiger partial charge in [0.25, 0.3) is 5.91 Å². The fourth-order valence-electron chi connectivity index (χ4n) is 3.96. The van der Waals surface area contributed by atoms with Gasteiger partial charge < -0.3 is 10.2 Å². The van der Waals surface area contributed by atoms with Gasteiger partial charge >= 0.3 is 0 Å².